The van der Waals surface area contributed by atoms with Gasteiger partial charge in [-0.15, -0.1) is 0 Å². The molecule has 0 saturated heterocycles. The standard InChI is InChI=1S/C28H27Cl3F3N3O4S/c1-4-25(27(39)35-3)36(15-18-7-8-19(29)13-24(18)31)26(38)16-37(42(40,41)21-10-5-17(2)6-11-21)20-9-12-23(30)22(14-20)28(32,33)34/h5-14,25H,4,15-16H2,1-3H3,(H,35,39). The predicted molar refractivity (Wildman–Crippen MR) is 157 cm³/mol. The first kappa shape index (κ1) is 33.5. The first-order valence-corrected chi connectivity index (χ1v) is 15.1. The Morgan fingerprint density at radius 2 is 1.60 bits per heavy atom. The maximum absolute atomic E-state index is 13.9. The van der Waals surface area contributed by atoms with Crippen LogP contribution in [0.25, 0.3) is 0 Å². The van der Waals surface area contributed by atoms with Gasteiger partial charge in [0, 0.05) is 23.6 Å². The summed E-state index contributed by atoms with van der Waals surface area (Å²) in [4.78, 5) is 27.6. The van der Waals surface area contributed by atoms with E-state index < -0.39 is 56.9 Å². The molecule has 1 atom stereocenters. The van der Waals surface area contributed by atoms with Gasteiger partial charge < -0.3 is 10.2 Å². The number of sulfonamides is 1. The first-order chi connectivity index (χ1) is 19.6. The predicted octanol–water partition coefficient (Wildman–Crippen LogP) is 6.72. The maximum Gasteiger partial charge on any atom is 0.417 e. The fourth-order valence-electron chi connectivity index (χ4n) is 4.17. The lowest BCUT2D eigenvalue weighted by Gasteiger charge is -2.33. The van der Waals surface area contributed by atoms with Crippen molar-refractivity contribution in [2.24, 2.45) is 0 Å². The molecule has 226 valence electrons. The highest BCUT2D eigenvalue weighted by Crippen LogP contribution is 2.38. The fraction of sp³-hybridized carbons (Fsp3) is 0.286. The molecule has 0 fully saturated rings. The Kier molecular flexibility index (Phi) is 10.8. The molecule has 0 saturated carbocycles. The molecule has 3 aromatic rings. The molecule has 0 aliphatic rings. The Labute approximate surface area is 257 Å². The van der Waals surface area contributed by atoms with E-state index in [1.165, 1.54) is 43.4 Å². The second-order valence-electron chi connectivity index (χ2n) is 9.28. The summed E-state index contributed by atoms with van der Waals surface area (Å²) in [6, 6.07) is 11.6. The number of aryl methyl sites for hydroxylation is 1. The number of nitrogens with zero attached hydrogens (tertiary/aromatic N) is 2. The molecule has 0 spiro atoms. The normalized spacial score (nSPS) is 12.5. The molecule has 0 aliphatic heterocycles. The van der Waals surface area contributed by atoms with Gasteiger partial charge >= 0.3 is 6.18 Å². The van der Waals surface area contributed by atoms with Crippen LogP contribution in [0.2, 0.25) is 15.1 Å². The lowest BCUT2D eigenvalue weighted by atomic mass is 10.1. The van der Waals surface area contributed by atoms with Gasteiger partial charge in [-0.3, -0.25) is 13.9 Å². The lowest BCUT2D eigenvalue weighted by molar-refractivity contribution is -0.140. The van der Waals surface area contributed by atoms with E-state index in [9.17, 15) is 31.2 Å². The average Bonchev–Trinajstić information content (AvgIpc) is 2.92. The monoisotopic (exact) mass is 663 g/mol. The van der Waals surface area contributed by atoms with Gasteiger partial charge in [-0.1, -0.05) is 65.5 Å². The Hall–Kier alpha value is -2.99. The molecular formula is C28H27Cl3F3N3O4S. The average molecular weight is 665 g/mol. The third-order valence-electron chi connectivity index (χ3n) is 6.42. The van der Waals surface area contributed by atoms with Crippen LogP contribution in [-0.2, 0) is 32.3 Å². The van der Waals surface area contributed by atoms with Crippen molar-refractivity contribution in [3.63, 3.8) is 0 Å². The molecule has 0 heterocycles. The summed E-state index contributed by atoms with van der Waals surface area (Å²) in [5, 5.41) is 2.37. The second-order valence-corrected chi connectivity index (χ2v) is 12.4. The van der Waals surface area contributed by atoms with Crippen LogP contribution in [0.15, 0.2) is 65.6 Å². The van der Waals surface area contributed by atoms with Gasteiger partial charge in [-0.25, -0.2) is 8.42 Å². The lowest BCUT2D eigenvalue weighted by Crippen LogP contribution is -2.51. The number of hydrogen-bond acceptors (Lipinski definition) is 4. The van der Waals surface area contributed by atoms with Gasteiger partial charge in [-0.2, -0.15) is 13.2 Å². The number of nitrogens with one attached hydrogen (secondary N) is 1. The first-order valence-electron chi connectivity index (χ1n) is 12.5. The summed E-state index contributed by atoms with van der Waals surface area (Å²) in [5.41, 5.74) is -0.571. The van der Waals surface area contributed by atoms with Crippen molar-refractivity contribution in [1.29, 1.82) is 0 Å². The number of benzene rings is 3. The van der Waals surface area contributed by atoms with Gasteiger partial charge in [0.15, 0.2) is 0 Å². The summed E-state index contributed by atoms with van der Waals surface area (Å²) in [6.45, 7) is 2.23. The minimum atomic E-state index is -4.90. The highest BCUT2D eigenvalue weighted by atomic mass is 35.5. The van der Waals surface area contributed by atoms with Crippen molar-refractivity contribution in [3.8, 4) is 0 Å². The topological polar surface area (TPSA) is 86.8 Å². The van der Waals surface area contributed by atoms with E-state index in [1.807, 2.05) is 0 Å². The third kappa shape index (κ3) is 7.69. The molecule has 0 aliphatic carbocycles. The van der Waals surface area contributed by atoms with Crippen molar-refractivity contribution in [1.82, 2.24) is 10.2 Å². The minimum absolute atomic E-state index is 0.139. The van der Waals surface area contributed by atoms with E-state index in [0.717, 1.165) is 22.6 Å². The largest absolute Gasteiger partial charge is 0.417 e. The Morgan fingerprint density at radius 1 is 0.952 bits per heavy atom. The number of likely N-dealkylation sites (N-methyl/N-ethyl adjacent to an activating group) is 1. The molecule has 42 heavy (non-hydrogen) atoms. The summed E-state index contributed by atoms with van der Waals surface area (Å²) >= 11 is 18.1. The molecular weight excluding hydrogens is 638 g/mol. The molecule has 1 unspecified atom stereocenters. The van der Waals surface area contributed by atoms with Crippen LogP contribution in [0.1, 0.15) is 30.0 Å². The summed E-state index contributed by atoms with van der Waals surface area (Å²) < 4.78 is 69.5. The SMILES string of the molecule is CCC(C(=O)NC)N(Cc1ccc(Cl)cc1Cl)C(=O)CN(c1ccc(Cl)c(C(F)(F)F)c1)S(=O)(=O)c1ccc(C)cc1. The Bertz CT molecular complexity index is 1570. The Balaban J connectivity index is 2.17. The van der Waals surface area contributed by atoms with Crippen LogP contribution >= 0.6 is 34.8 Å². The smallest absolute Gasteiger partial charge is 0.357 e. The van der Waals surface area contributed by atoms with Crippen molar-refractivity contribution >= 4 is 62.3 Å². The Morgan fingerprint density at radius 3 is 2.14 bits per heavy atom. The van der Waals surface area contributed by atoms with Crippen molar-refractivity contribution in [2.45, 2.75) is 43.9 Å². The van der Waals surface area contributed by atoms with Crippen LogP contribution in [-0.4, -0.2) is 44.8 Å². The highest BCUT2D eigenvalue weighted by Gasteiger charge is 2.37. The maximum atomic E-state index is 13.9. The summed E-state index contributed by atoms with van der Waals surface area (Å²) in [6.07, 6.45) is -4.76. The van der Waals surface area contributed by atoms with Crippen molar-refractivity contribution in [3.05, 3.63) is 92.4 Å². The number of carbonyl (C=O) groups excluding carboxylic acids is 2. The summed E-state index contributed by atoms with van der Waals surface area (Å²) in [5.74, 6) is -1.40. The molecule has 1 N–H and O–H groups in total. The number of amides is 2. The number of rotatable bonds is 10. The van der Waals surface area contributed by atoms with Crippen molar-refractivity contribution < 1.29 is 31.2 Å². The molecule has 14 heteroatoms. The highest BCUT2D eigenvalue weighted by molar-refractivity contribution is 7.92. The fourth-order valence-corrected chi connectivity index (χ4v) is 6.27. The van der Waals surface area contributed by atoms with E-state index >= 15 is 0 Å². The number of anilines is 1. The van der Waals surface area contributed by atoms with E-state index in [1.54, 1.807) is 19.9 Å². The van der Waals surface area contributed by atoms with E-state index in [4.69, 9.17) is 34.8 Å². The molecule has 2 amide bonds. The van der Waals surface area contributed by atoms with Crippen molar-refractivity contribution in [2.75, 3.05) is 17.9 Å². The van der Waals surface area contributed by atoms with Gasteiger partial charge in [0.1, 0.15) is 12.6 Å². The zero-order chi connectivity index (χ0) is 31.4. The summed E-state index contributed by atoms with van der Waals surface area (Å²) in [7, 11) is -3.21. The molecule has 7 nitrogen and oxygen atoms in total. The zero-order valence-corrected chi connectivity index (χ0v) is 25.8. The number of carbonyl (C=O) groups is 2. The van der Waals surface area contributed by atoms with E-state index in [-0.39, 0.29) is 22.9 Å². The number of halogens is 6. The van der Waals surface area contributed by atoms with Gasteiger partial charge in [-0.05, 0) is 61.4 Å². The number of alkyl halides is 3. The third-order valence-corrected chi connectivity index (χ3v) is 9.12. The van der Waals surface area contributed by atoms with Crippen LogP contribution < -0.4 is 9.62 Å². The zero-order valence-electron chi connectivity index (χ0n) is 22.7. The number of hydrogen-bond donors (Lipinski definition) is 1. The second kappa shape index (κ2) is 13.5. The minimum Gasteiger partial charge on any atom is -0.357 e. The van der Waals surface area contributed by atoms with E-state index in [2.05, 4.69) is 5.32 Å². The molecule has 0 radical (unpaired) electrons. The van der Waals surface area contributed by atoms with Crippen LogP contribution in [0.3, 0.4) is 0 Å². The van der Waals surface area contributed by atoms with E-state index in [0.29, 0.717) is 21.0 Å². The molecule has 0 aromatic heterocycles. The van der Waals surface area contributed by atoms with Gasteiger partial charge in [0.25, 0.3) is 10.0 Å². The van der Waals surface area contributed by atoms with Gasteiger partial charge in [0.05, 0.1) is 21.2 Å². The van der Waals surface area contributed by atoms with Crippen LogP contribution in [0.5, 0.6) is 0 Å². The molecule has 3 aromatic carbocycles. The van der Waals surface area contributed by atoms with Crippen LogP contribution in [0, 0.1) is 6.92 Å². The molecule has 0 bridgehead atoms. The molecule has 3 rings (SSSR count). The quantitative estimate of drug-likeness (QED) is 0.261. The van der Waals surface area contributed by atoms with Gasteiger partial charge in [0.2, 0.25) is 11.8 Å². The van der Waals surface area contributed by atoms with Crippen LogP contribution in [0.4, 0.5) is 18.9 Å².